The lowest BCUT2D eigenvalue weighted by molar-refractivity contribution is 0.197. The average molecular weight is 343 g/mol. The molecule has 1 saturated carbocycles. The van der Waals surface area contributed by atoms with Crippen molar-refractivity contribution in [3.63, 3.8) is 0 Å². The molecular formula is C18H29N7. The van der Waals surface area contributed by atoms with Crippen LogP contribution in [0, 0.1) is 18.8 Å². The predicted octanol–water partition coefficient (Wildman–Crippen LogP) is 0.640. The molecule has 0 spiro atoms. The summed E-state index contributed by atoms with van der Waals surface area (Å²) in [5, 5.41) is 7.23. The van der Waals surface area contributed by atoms with Crippen LogP contribution in [0.2, 0.25) is 0 Å². The number of aryl methyl sites for hydroxylation is 1. The average Bonchev–Trinajstić information content (AvgIpc) is 3.03. The molecule has 0 radical (unpaired) electrons. The van der Waals surface area contributed by atoms with Gasteiger partial charge >= 0.3 is 0 Å². The van der Waals surface area contributed by atoms with Crippen molar-refractivity contribution in [3.05, 3.63) is 11.8 Å². The summed E-state index contributed by atoms with van der Waals surface area (Å²) in [5.41, 5.74) is 7.76. The predicted molar refractivity (Wildman–Crippen MR) is 98.6 cm³/mol. The van der Waals surface area contributed by atoms with Gasteiger partial charge in [-0.25, -0.2) is 4.98 Å². The Kier molecular flexibility index (Phi) is 4.03. The van der Waals surface area contributed by atoms with Crippen LogP contribution in [-0.2, 0) is 0 Å². The number of hydrogen-bond donors (Lipinski definition) is 4. The number of anilines is 2. The summed E-state index contributed by atoms with van der Waals surface area (Å²) in [6.07, 6.45) is 4.85. The molecule has 5 unspecified atom stereocenters. The number of piperidine rings is 1. The summed E-state index contributed by atoms with van der Waals surface area (Å²) in [5.74, 6) is 3.41. The summed E-state index contributed by atoms with van der Waals surface area (Å²) in [7, 11) is 0. The number of fused-ring (bicyclic) bond motifs is 2. The summed E-state index contributed by atoms with van der Waals surface area (Å²) < 4.78 is 0. The second-order valence-electron chi connectivity index (χ2n) is 8.25. The zero-order chi connectivity index (χ0) is 16.8. The first-order chi connectivity index (χ1) is 12.2. The van der Waals surface area contributed by atoms with Crippen molar-refractivity contribution in [1.82, 2.24) is 26.1 Å². The minimum absolute atomic E-state index is 0.520. The standard InChI is InChI=1S/C18H29N7/c1-11-6-17(22-14-2-3-16-12(7-14)9-20-24-16)23-18(21-11)25-5-4-15-13(10-25)8-19-15/h6,12-16,19-20,24H,2-5,7-10H2,1H3,(H,21,22,23). The van der Waals surface area contributed by atoms with E-state index in [1.807, 2.05) is 0 Å². The van der Waals surface area contributed by atoms with Gasteiger partial charge in [-0.15, -0.1) is 0 Å². The molecule has 25 heavy (non-hydrogen) atoms. The van der Waals surface area contributed by atoms with E-state index in [-0.39, 0.29) is 0 Å². The van der Waals surface area contributed by atoms with Crippen LogP contribution in [0.1, 0.15) is 31.4 Å². The van der Waals surface area contributed by atoms with Gasteiger partial charge in [0.1, 0.15) is 5.82 Å². The molecule has 0 aromatic carbocycles. The molecule has 4 fully saturated rings. The number of nitrogens with one attached hydrogen (secondary N) is 4. The van der Waals surface area contributed by atoms with Gasteiger partial charge in [0.05, 0.1) is 0 Å². The summed E-state index contributed by atoms with van der Waals surface area (Å²) in [6, 6.07) is 3.99. The van der Waals surface area contributed by atoms with E-state index in [9.17, 15) is 0 Å². The first kappa shape index (κ1) is 15.8. The molecular weight excluding hydrogens is 314 g/mol. The minimum atomic E-state index is 0.520. The molecule has 136 valence electrons. The number of aromatic nitrogens is 2. The van der Waals surface area contributed by atoms with Crippen LogP contribution in [0.15, 0.2) is 6.07 Å². The van der Waals surface area contributed by atoms with E-state index in [2.05, 4.69) is 39.4 Å². The number of rotatable bonds is 3. The van der Waals surface area contributed by atoms with Gasteiger partial charge < -0.3 is 15.5 Å². The lowest BCUT2D eigenvalue weighted by atomic mass is 9.83. The van der Waals surface area contributed by atoms with Crippen molar-refractivity contribution < 1.29 is 0 Å². The van der Waals surface area contributed by atoms with E-state index in [1.54, 1.807) is 0 Å². The molecule has 0 bridgehead atoms. The van der Waals surface area contributed by atoms with Gasteiger partial charge in [0, 0.05) is 62.0 Å². The molecule has 7 heteroatoms. The third-order valence-electron chi connectivity index (χ3n) is 6.49. The Morgan fingerprint density at radius 2 is 2.08 bits per heavy atom. The molecule has 4 aliphatic rings. The first-order valence-corrected chi connectivity index (χ1v) is 9.83. The van der Waals surface area contributed by atoms with E-state index in [0.29, 0.717) is 12.1 Å². The normalized spacial score (nSPS) is 37.2. The van der Waals surface area contributed by atoms with Gasteiger partial charge in [0.25, 0.3) is 0 Å². The number of hydrogen-bond acceptors (Lipinski definition) is 7. The topological polar surface area (TPSA) is 77.1 Å². The number of nitrogens with zero attached hydrogens (tertiary/aromatic N) is 3. The van der Waals surface area contributed by atoms with E-state index in [1.165, 1.54) is 25.7 Å². The SMILES string of the molecule is Cc1cc(NC2CCC3NNCC3C2)nc(N2CCC3NCC3C2)n1. The molecule has 4 N–H and O–H groups in total. The molecule has 1 aliphatic carbocycles. The van der Waals surface area contributed by atoms with Crippen molar-refractivity contribution in [2.75, 3.05) is 36.4 Å². The monoisotopic (exact) mass is 343 g/mol. The fourth-order valence-electron chi connectivity index (χ4n) is 4.94. The molecule has 0 amide bonds. The van der Waals surface area contributed by atoms with Crippen LogP contribution < -0.4 is 26.4 Å². The van der Waals surface area contributed by atoms with Crippen molar-refractivity contribution in [1.29, 1.82) is 0 Å². The zero-order valence-electron chi connectivity index (χ0n) is 15.0. The Bertz CT molecular complexity index is 636. The zero-order valence-corrected chi connectivity index (χ0v) is 15.0. The Balaban J connectivity index is 1.28. The first-order valence-electron chi connectivity index (χ1n) is 9.83. The van der Waals surface area contributed by atoms with Crippen LogP contribution in [-0.4, -0.2) is 54.3 Å². The van der Waals surface area contributed by atoms with E-state index in [0.717, 1.165) is 61.5 Å². The fraction of sp³-hybridized carbons (Fsp3) is 0.778. The molecule has 5 atom stereocenters. The second kappa shape index (κ2) is 6.37. The number of hydrazine groups is 1. The third-order valence-corrected chi connectivity index (χ3v) is 6.49. The molecule has 3 saturated heterocycles. The van der Waals surface area contributed by atoms with Gasteiger partial charge in [-0.3, -0.25) is 10.9 Å². The van der Waals surface area contributed by atoms with Gasteiger partial charge in [0.15, 0.2) is 0 Å². The highest BCUT2D eigenvalue weighted by Gasteiger charge is 2.37. The van der Waals surface area contributed by atoms with Crippen molar-refractivity contribution in [2.45, 2.75) is 50.7 Å². The van der Waals surface area contributed by atoms with Gasteiger partial charge in [0.2, 0.25) is 5.95 Å². The highest BCUT2D eigenvalue weighted by atomic mass is 15.4. The maximum Gasteiger partial charge on any atom is 0.227 e. The van der Waals surface area contributed by atoms with Crippen LogP contribution in [0.5, 0.6) is 0 Å². The largest absolute Gasteiger partial charge is 0.367 e. The molecule has 7 nitrogen and oxygen atoms in total. The Morgan fingerprint density at radius 1 is 1.12 bits per heavy atom. The summed E-state index contributed by atoms with van der Waals surface area (Å²) in [4.78, 5) is 12.0. The van der Waals surface area contributed by atoms with Crippen molar-refractivity contribution >= 4 is 11.8 Å². The van der Waals surface area contributed by atoms with Crippen LogP contribution in [0.3, 0.4) is 0 Å². The van der Waals surface area contributed by atoms with Gasteiger partial charge in [-0.05, 0) is 38.5 Å². The maximum absolute atomic E-state index is 4.87. The molecule has 4 heterocycles. The summed E-state index contributed by atoms with van der Waals surface area (Å²) in [6.45, 7) is 6.45. The molecule has 5 rings (SSSR count). The fourth-order valence-corrected chi connectivity index (χ4v) is 4.94. The minimum Gasteiger partial charge on any atom is -0.367 e. The Hall–Kier alpha value is -1.44. The smallest absolute Gasteiger partial charge is 0.227 e. The molecule has 3 aliphatic heterocycles. The van der Waals surface area contributed by atoms with Crippen molar-refractivity contribution in [3.8, 4) is 0 Å². The van der Waals surface area contributed by atoms with E-state index in [4.69, 9.17) is 9.97 Å². The van der Waals surface area contributed by atoms with Crippen molar-refractivity contribution in [2.24, 2.45) is 11.8 Å². The maximum atomic E-state index is 4.87. The Morgan fingerprint density at radius 3 is 2.92 bits per heavy atom. The quantitative estimate of drug-likeness (QED) is 0.642. The third kappa shape index (κ3) is 3.09. The van der Waals surface area contributed by atoms with Gasteiger partial charge in [-0.1, -0.05) is 0 Å². The lowest BCUT2D eigenvalue weighted by Crippen LogP contribution is -2.61. The van der Waals surface area contributed by atoms with Crippen LogP contribution >= 0.6 is 0 Å². The second-order valence-corrected chi connectivity index (χ2v) is 8.25. The van der Waals surface area contributed by atoms with E-state index < -0.39 is 0 Å². The van der Waals surface area contributed by atoms with Gasteiger partial charge in [-0.2, -0.15) is 4.98 Å². The summed E-state index contributed by atoms with van der Waals surface area (Å²) >= 11 is 0. The highest BCUT2D eigenvalue weighted by molar-refractivity contribution is 5.45. The van der Waals surface area contributed by atoms with Crippen LogP contribution in [0.25, 0.3) is 0 Å². The molecule has 1 aromatic heterocycles. The van der Waals surface area contributed by atoms with Crippen LogP contribution in [0.4, 0.5) is 11.8 Å². The highest BCUT2D eigenvalue weighted by Crippen LogP contribution is 2.30. The Labute approximate surface area is 149 Å². The lowest BCUT2D eigenvalue weighted by Gasteiger charge is -2.46. The van der Waals surface area contributed by atoms with E-state index >= 15 is 0 Å². The molecule has 1 aromatic rings.